The van der Waals surface area contributed by atoms with Gasteiger partial charge in [0.2, 0.25) is 16.0 Å². The number of halogens is 2. The fourth-order valence-corrected chi connectivity index (χ4v) is 3.31. The summed E-state index contributed by atoms with van der Waals surface area (Å²) in [5, 5.41) is 12.2. The first-order valence-corrected chi connectivity index (χ1v) is 10.2. The van der Waals surface area contributed by atoms with Crippen LogP contribution in [-0.4, -0.2) is 25.5 Å². The molecule has 29 heavy (non-hydrogen) atoms. The van der Waals surface area contributed by atoms with Crippen molar-refractivity contribution in [2.75, 3.05) is 17.7 Å². The molecule has 0 aliphatic heterocycles. The summed E-state index contributed by atoms with van der Waals surface area (Å²) < 4.78 is 41.7. The van der Waals surface area contributed by atoms with E-state index in [0.717, 1.165) is 11.6 Å². The molecule has 8 nitrogen and oxygen atoms in total. The van der Waals surface area contributed by atoms with Gasteiger partial charge >= 0.3 is 0 Å². The maximum absolute atomic E-state index is 14.2. The van der Waals surface area contributed by atoms with Crippen molar-refractivity contribution in [1.82, 2.24) is 9.97 Å². The van der Waals surface area contributed by atoms with Gasteiger partial charge in [-0.05, 0) is 23.8 Å². The van der Waals surface area contributed by atoms with Crippen molar-refractivity contribution in [3.8, 4) is 5.75 Å². The van der Waals surface area contributed by atoms with Gasteiger partial charge in [0.15, 0.2) is 11.6 Å². The van der Waals surface area contributed by atoms with E-state index >= 15 is 0 Å². The van der Waals surface area contributed by atoms with Gasteiger partial charge in [-0.3, -0.25) is 0 Å². The third-order valence-electron chi connectivity index (χ3n) is 3.75. The zero-order valence-corrected chi connectivity index (χ0v) is 16.8. The molecule has 4 N–H and O–H groups in total. The molecule has 3 rings (SSSR count). The highest BCUT2D eigenvalue weighted by molar-refractivity contribution is 7.92. The van der Waals surface area contributed by atoms with Crippen molar-refractivity contribution in [2.45, 2.75) is 6.42 Å². The minimum absolute atomic E-state index is 0.0564. The first kappa shape index (κ1) is 20.8. The third kappa shape index (κ3) is 5.76. The second-order valence-electron chi connectivity index (χ2n) is 6.00. The summed E-state index contributed by atoms with van der Waals surface area (Å²) in [6, 6.07) is 4.87. The second-order valence-corrected chi connectivity index (χ2v) is 7.82. The Kier molecular flexibility index (Phi) is 6.16. The molecule has 0 saturated carbocycles. The number of nitrogens with one attached hydrogen (secondary N) is 2. The summed E-state index contributed by atoms with van der Waals surface area (Å²) in [6.07, 6.45) is 6.30. The van der Waals surface area contributed by atoms with Gasteiger partial charge in [0.05, 0.1) is 18.3 Å². The lowest BCUT2D eigenvalue weighted by atomic mass is 10.1. The van der Waals surface area contributed by atoms with E-state index in [0.29, 0.717) is 27.7 Å². The Balaban J connectivity index is 1.78. The molecule has 11 heteroatoms. The Morgan fingerprint density at radius 2 is 2.14 bits per heavy atom. The Hall–Kier alpha value is -2.95. The summed E-state index contributed by atoms with van der Waals surface area (Å²) in [5.41, 5.74) is 1.63. The standard InChI is InChI=1S/C18H17ClFN5O3S/c1-28-16-8-13(5-6-14(16)19)23-17-15(20)9-22-18(25-17)24-12-4-2-3-11(7-12)10-29(21,26)27/h2-6,8-10H,7H2,1H3,(H2,21,26,27)(H2,22,23,24,25)/b11-10+. The van der Waals surface area contributed by atoms with Gasteiger partial charge in [0, 0.05) is 29.3 Å². The van der Waals surface area contributed by atoms with E-state index in [1.54, 1.807) is 36.4 Å². The summed E-state index contributed by atoms with van der Waals surface area (Å²) in [5.74, 6) is -0.153. The number of allylic oxidation sites excluding steroid dienone is 4. The van der Waals surface area contributed by atoms with Gasteiger partial charge in [0.1, 0.15) is 5.75 Å². The number of methoxy groups -OCH3 is 1. The lowest BCUT2D eigenvalue weighted by Gasteiger charge is -2.14. The number of rotatable bonds is 6. The molecule has 0 saturated heterocycles. The molecular formula is C18H17ClFN5O3S. The highest BCUT2D eigenvalue weighted by atomic mass is 35.5. The van der Waals surface area contributed by atoms with Gasteiger partial charge in [-0.1, -0.05) is 23.8 Å². The molecule has 0 amide bonds. The highest BCUT2D eigenvalue weighted by Gasteiger charge is 2.12. The van der Waals surface area contributed by atoms with Crippen LogP contribution in [-0.2, 0) is 10.0 Å². The van der Waals surface area contributed by atoms with Crippen molar-refractivity contribution in [3.05, 3.63) is 70.1 Å². The number of hydrogen-bond donors (Lipinski definition) is 3. The van der Waals surface area contributed by atoms with Crippen LogP contribution in [0.15, 0.2) is 59.3 Å². The van der Waals surface area contributed by atoms with E-state index in [4.69, 9.17) is 21.5 Å². The van der Waals surface area contributed by atoms with Crippen molar-refractivity contribution in [2.24, 2.45) is 5.14 Å². The summed E-state index contributed by atoms with van der Waals surface area (Å²) in [7, 11) is -2.28. The van der Waals surface area contributed by atoms with Crippen LogP contribution >= 0.6 is 11.6 Å². The molecule has 152 valence electrons. The smallest absolute Gasteiger partial charge is 0.231 e. The minimum atomic E-state index is -3.75. The van der Waals surface area contributed by atoms with Crippen LogP contribution in [0.1, 0.15) is 6.42 Å². The molecule has 0 bridgehead atoms. The molecular weight excluding hydrogens is 421 g/mol. The van der Waals surface area contributed by atoms with Gasteiger partial charge in [-0.2, -0.15) is 4.98 Å². The molecule has 1 aromatic heterocycles. The number of aromatic nitrogens is 2. The van der Waals surface area contributed by atoms with Crippen LogP contribution in [0.3, 0.4) is 0 Å². The number of sulfonamides is 1. The Morgan fingerprint density at radius 3 is 2.86 bits per heavy atom. The van der Waals surface area contributed by atoms with Gasteiger partial charge in [0.25, 0.3) is 0 Å². The van der Waals surface area contributed by atoms with E-state index in [1.165, 1.54) is 7.11 Å². The zero-order chi connectivity index (χ0) is 21.0. The number of primary sulfonamides is 1. The maximum Gasteiger partial charge on any atom is 0.231 e. The average Bonchev–Trinajstić information content (AvgIpc) is 2.65. The first-order chi connectivity index (χ1) is 13.7. The number of anilines is 3. The van der Waals surface area contributed by atoms with E-state index in [-0.39, 0.29) is 18.2 Å². The molecule has 0 spiro atoms. The number of ether oxygens (including phenoxy) is 1. The molecule has 1 aliphatic carbocycles. The first-order valence-electron chi connectivity index (χ1n) is 8.24. The quantitative estimate of drug-likeness (QED) is 0.633. The number of nitrogens with zero attached hydrogens (tertiary/aromatic N) is 2. The molecule has 2 aromatic rings. The molecule has 0 radical (unpaired) electrons. The summed E-state index contributed by atoms with van der Waals surface area (Å²) in [6.45, 7) is 0. The van der Waals surface area contributed by atoms with Crippen molar-refractivity contribution in [1.29, 1.82) is 0 Å². The molecule has 0 atom stereocenters. The fourth-order valence-electron chi connectivity index (χ4n) is 2.54. The molecule has 0 fully saturated rings. The monoisotopic (exact) mass is 437 g/mol. The van der Waals surface area contributed by atoms with E-state index < -0.39 is 15.8 Å². The topological polar surface area (TPSA) is 119 Å². The Bertz CT molecular complexity index is 1130. The van der Waals surface area contributed by atoms with Gasteiger partial charge in [-0.15, -0.1) is 0 Å². The summed E-state index contributed by atoms with van der Waals surface area (Å²) in [4.78, 5) is 8.04. The van der Waals surface area contributed by atoms with E-state index in [2.05, 4.69) is 20.6 Å². The van der Waals surface area contributed by atoms with Crippen molar-refractivity contribution in [3.63, 3.8) is 0 Å². The zero-order valence-electron chi connectivity index (χ0n) is 15.2. The van der Waals surface area contributed by atoms with Crippen LogP contribution in [0.4, 0.5) is 21.8 Å². The van der Waals surface area contributed by atoms with Crippen LogP contribution in [0.5, 0.6) is 5.75 Å². The normalized spacial score (nSPS) is 15.2. The number of benzene rings is 1. The lowest BCUT2D eigenvalue weighted by molar-refractivity contribution is 0.415. The predicted molar refractivity (Wildman–Crippen MR) is 110 cm³/mol. The van der Waals surface area contributed by atoms with Crippen LogP contribution in [0.2, 0.25) is 5.02 Å². The molecule has 1 aliphatic rings. The second kappa shape index (κ2) is 8.60. The fraction of sp³-hybridized carbons (Fsp3) is 0.111. The van der Waals surface area contributed by atoms with Crippen LogP contribution in [0.25, 0.3) is 0 Å². The van der Waals surface area contributed by atoms with Crippen LogP contribution < -0.4 is 20.5 Å². The molecule has 1 heterocycles. The Morgan fingerprint density at radius 1 is 1.34 bits per heavy atom. The molecule has 0 unspecified atom stereocenters. The largest absolute Gasteiger partial charge is 0.495 e. The molecule has 1 aromatic carbocycles. The summed E-state index contributed by atoms with van der Waals surface area (Å²) >= 11 is 5.99. The third-order valence-corrected chi connectivity index (χ3v) is 4.69. The van der Waals surface area contributed by atoms with E-state index in [9.17, 15) is 12.8 Å². The number of hydrogen-bond acceptors (Lipinski definition) is 7. The van der Waals surface area contributed by atoms with Gasteiger partial charge < -0.3 is 15.4 Å². The van der Waals surface area contributed by atoms with Crippen molar-refractivity contribution < 1.29 is 17.5 Å². The maximum atomic E-state index is 14.2. The Labute approximate surface area is 172 Å². The SMILES string of the molecule is COc1cc(Nc2nc(NC3=CC=C/C(=C\S(N)(=O)=O)C3)ncc2F)ccc1Cl. The van der Waals surface area contributed by atoms with Crippen molar-refractivity contribution >= 4 is 39.1 Å². The average molecular weight is 438 g/mol. The number of nitrogens with two attached hydrogens (primary N) is 1. The van der Waals surface area contributed by atoms with E-state index in [1.807, 2.05) is 0 Å². The van der Waals surface area contributed by atoms with Gasteiger partial charge in [-0.25, -0.2) is 22.9 Å². The minimum Gasteiger partial charge on any atom is -0.495 e. The highest BCUT2D eigenvalue weighted by Crippen LogP contribution is 2.29. The lowest BCUT2D eigenvalue weighted by Crippen LogP contribution is -2.11. The predicted octanol–water partition coefficient (Wildman–Crippen LogP) is 3.45. The van der Waals surface area contributed by atoms with Crippen LogP contribution in [0, 0.1) is 5.82 Å².